The summed E-state index contributed by atoms with van der Waals surface area (Å²) in [4.78, 5) is 12.0. The molecule has 0 heterocycles. The van der Waals surface area contributed by atoms with Crippen LogP contribution in [0, 0.1) is 16.7 Å². The second kappa shape index (κ2) is 3.63. The minimum atomic E-state index is -0.611. The Balaban J connectivity index is 1.99. The molecule has 4 atom stereocenters. The zero-order valence-corrected chi connectivity index (χ0v) is 12.4. The van der Waals surface area contributed by atoms with E-state index in [9.17, 15) is 9.90 Å². The molecule has 0 spiro atoms. The van der Waals surface area contributed by atoms with Crippen LogP contribution in [0.4, 0.5) is 0 Å². The van der Waals surface area contributed by atoms with E-state index >= 15 is 0 Å². The third-order valence-corrected chi connectivity index (χ3v) is 6.28. The lowest BCUT2D eigenvalue weighted by atomic mass is 9.48. The lowest BCUT2D eigenvalue weighted by Crippen LogP contribution is -2.59. The Morgan fingerprint density at radius 3 is 2.53 bits per heavy atom. The van der Waals surface area contributed by atoms with Crippen LogP contribution in [-0.4, -0.2) is 23.8 Å². The number of carbonyl (C=O) groups excluding carboxylic acids is 1. The van der Waals surface area contributed by atoms with E-state index in [0.717, 1.165) is 37.7 Å². The van der Waals surface area contributed by atoms with Gasteiger partial charge in [0.25, 0.3) is 0 Å². The van der Waals surface area contributed by atoms with E-state index in [-0.39, 0.29) is 11.4 Å². The van der Waals surface area contributed by atoms with Gasteiger partial charge in [-0.2, -0.15) is 0 Å². The summed E-state index contributed by atoms with van der Waals surface area (Å²) in [6, 6.07) is 0. The molecule has 0 saturated heterocycles. The van der Waals surface area contributed by atoms with Crippen molar-refractivity contribution in [2.45, 2.75) is 58.5 Å². The number of hydrogen-bond acceptors (Lipinski definition) is 3. The van der Waals surface area contributed by atoms with Gasteiger partial charge in [-0.1, -0.05) is 12.5 Å². The molecule has 0 bridgehead atoms. The van der Waals surface area contributed by atoms with Gasteiger partial charge in [-0.15, -0.1) is 0 Å². The molecule has 3 aliphatic carbocycles. The van der Waals surface area contributed by atoms with E-state index in [4.69, 9.17) is 4.74 Å². The van der Waals surface area contributed by atoms with Crippen LogP contribution in [0.25, 0.3) is 0 Å². The van der Waals surface area contributed by atoms with Crippen molar-refractivity contribution >= 4 is 5.97 Å². The fraction of sp³-hybridized carbons (Fsp3) is 0.812. The van der Waals surface area contributed by atoms with Gasteiger partial charge < -0.3 is 9.84 Å². The van der Waals surface area contributed by atoms with Crippen molar-refractivity contribution in [2.24, 2.45) is 16.7 Å². The van der Waals surface area contributed by atoms with E-state index in [2.05, 4.69) is 13.8 Å². The van der Waals surface area contributed by atoms with Crippen LogP contribution in [-0.2, 0) is 9.53 Å². The summed E-state index contributed by atoms with van der Waals surface area (Å²) in [6.45, 7) is 6.28. The number of allylic oxidation sites excluding steroid dienone is 1. The molecule has 3 heteroatoms. The van der Waals surface area contributed by atoms with Gasteiger partial charge in [0.2, 0.25) is 0 Å². The maximum absolute atomic E-state index is 12.0. The largest absolute Gasteiger partial charge is 0.469 e. The molecule has 19 heavy (non-hydrogen) atoms. The number of esters is 1. The maximum Gasteiger partial charge on any atom is 0.311 e. The zero-order chi connectivity index (χ0) is 14.1. The lowest BCUT2D eigenvalue weighted by molar-refractivity contribution is -0.152. The predicted molar refractivity (Wildman–Crippen MR) is 72.5 cm³/mol. The average molecular weight is 264 g/mol. The van der Waals surface area contributed by atoms with Crippen LogP contribution in [0.1, 0.15) is 52.9 Å². The highest BCUT2D eigenvalue weighted by molar-refractivity contribution is 5.77. The first-order valence-electron chi connectivity index (χ1n) is 7.27. The summed E-state index contributed by atoms with van der Waals surface area (Å²) in [5.74, 6) is 0.348. The minimum absolute atomic E-state index is 0.0205. The second-order valence-corrected chi connectivity index (χ2v) is 7.41. The molecule has 106 valence electrons. The van der Waals surface area contributed by atoms with Gasteiger partial charge in [-0.05, 0) is 57.4 Å². The highest BCUT2D eigenvalue weighted by Gasteiger charge is 2.62. The van der Waals surface area contributed by atoms with Gasteiger partial charge in [0, 0.05) is 5.41 Å². The second-order valence-electron chi connectivity index (χ2n) is 7.41. The van der Waals surface area contributed by atoms with E-state index in [1.807, 2.05) is 6.92 Å². The average Bonchev–Trinajstić information content (AvgIpc) is 2.71. The summed E-state index contributed by atoms with van der Waals surface area (Å²) in [5.41, 5.74) is 1.48. The third-order valence-electron chi connectivity index (χ3n) is 6.28. The predicted octanol–water partition coefficient (Wildman–Crippen LogP) is 2.83. The Hall–Kier alpha value is -0.830. The van der Waals surface area contributed by atoms with Crippen LogP contribution in [0.2, 0.25) is 0 Å². The Labute approximate surface area is 115 Å². The number of rotatable bonds is 1. The van der Waals surface area contributed by atoms with Gasteiger partial charge in [0.1, 0.15) is 0 Å². The number of ether oxygens (including phenoxy) is 1. The van der Waals surface area contributed by atoms with E-state index in [1.54, 1.807) is 0 Å². The summed E-state index contributed by atoms with van der Waals surface area (Å²) < 4.78 is 4.97. The Bertz CT molecular complexity index is 480. The monoisotopic (exact) mass is 264 g/mol. The summed E-state index contributed by atoms with van der Waals surface area (Å²) in [7, 11) is 1.47. The number of hydrogen-bond donors (Lipinski definition) is 1. The maximum atomic E-state index is 12.0. The van der Waals surface area contributed by atoms with Crippen LogP contribution in [0.3, 0.4) is 0 Å². The molecule has 3 aliphatic rings. The molecule has 0 amide bonds. The molecule has 2 saturated carbocycles. The van der Waals surface area contributed by atoms with E-state index < -0.39 is 11.0 Å². The van der Waals surface area contributed by atoms with Crippen LogP contribution >= 0.6 is 0 Å². The van der Waals surface area contributed by atoms with Crippen molar-refractivity contribution in [3.63, 3.8) is 0 Å². The van der Waals surface area contributed by atoms with Gasteiger partial charge in [0.05, 0.1) is 18.1 Å². The standard InChI is InChI=1S/C16H24O3/c1-10-12-9-14(2,13(17)19-4)7-11(12)8-15(3)5-6-16(10,15)18/h11,18H,5-9H2,1-4H3/t11-,14-,15-,16+/m0/s1. The third kappa shape index (κ3) is 1.45. The zero-order valence-electron chi connectivity index (χ0n) is 12.4. The van der Waals surface area contributed by atoms with Crippen molar-refractivity contribution in [1.29, 1.82) is 0 Å². The highest BCUT2D eigenvalue weighted by Crippen LogP contribution is 2.65. The summed E-state index contributed by atoms with van der Waals surface area (Å²) in [6.07, 6.45) is 4.62. The lowest BCUT2D eigenvalue weighted by Gasteiger charge is -2.59. The first-order chi connectivity index (χ1) is 8.76. The Kier molecular flexibility index (Phi) is 2.52. The molecule has 1 N–H and O–H groups in total. The molecular weight excluding hydrogens is 240 g/mol. The van der Waals surface area contributed by atoms with E-state index in [1.165, 1.54) is 12.7 Å². The summed E-state index contributed by atoms with van der Waals surface area (Å²) >= 11 is 0. The van der Waals surface area contributed by atoms with Crippen molar-refractivity contribution in [2.75, 3.05) is 7.11 Å². The first-order valence-corrected chi connectivity index (χ1v) is 7.27. The molecule has 0 radical (unpaired) electrons. The van der Waals surface area contributed by atoms with Gasteiger partial charge in [-0.25, -0.2) is 0 Å². The normalized spacial score (nSPS) is 48.4. The van der Waals surface area contributed by atoms with Crippen molar-refractivity contribution < 1.29 is 14.6 Å². The Morgan fingerprint density at radius 2 is 2.00 bits per heavy atom. The molecule has 0 aromatic rings. The van der Waals surface area contributed by atoms with Crippen LogP contribution in [0.5, 0.6) is 0 Å². The first kappa shape index (κ1) is 13.2. The quantitative estimate of drug-likeness (QED) is 0.585. The topological polar surface area (TPSA) is 46.5 Å². The Morgan fingerprint density at radius 1 is 1.32 bits per heavy atom. The highest BCUT2D eigenvalue weighted by atomic mass is 16.5. The van der Waals surface area contributed by atoms with Gasteiger partial charge in [0.15, 0.2) is 0 Å². The molecule has 3 rings (SSSR count). The van der Waals surface area contributed by atoms with Crippen LogP contribution < -0.4 is 0 Å². The molecule has 3 nitrogen and oxygen atoms in total. The molecule has 0 unspecified atom stereocenters. The summed E-state index contributed by atoms with van der Waals surface area (Å²) in [5, 5.41) is 10.9. The number of aliphatic hydroxyl groups is 1. The van der Waals surface area contributed by atoms with Crippen molar-refractivity contribution in [3.8, 4) is 0 Å². The smallest absolute Gasteiger partial charge is 0.311 e. The molecule has 2 fully saturated rings. The van der Waals surface area contributed by atoms with Crippen LogP contribution in [0.15, 0.2) is 11.1 Å². The van der Waals surface area contributed by atoms with E-state index in [0.29, 0.717) is 5.92 Å². The van der Waals surface area contributed by atoms with Gasteiger partial charge in [-0.3, -0.25) is 4.79 Å². The number of carbonyl (C=O) groups is 1. The number of fused-ring (bicyclic) bond motifs is 2. The minimum Gasteiger partial charge on any atom is -0.469 e. The fourth-order valence-corrected chi connectivity index (χ4v) is 4.85. The van der Waals surface area contributed by atoms with Crippen molar-refractivity contribution in [1.82, 2.24) is 0 Å². The molecular formula is C16H24O3. The SMILES string of the molecule is COC(=O)[C@]1(C)CC2=C(C)[C@]3(O)CC[C@@]3(C)C[C@@H]2C1. The number of methoxy groups -OCH3 is 1. The molecule has 0 aromatic carbocycles. The molecule has 0 aromatic heterocycles. The van der Waals surface area contributed by atoms with Crippen molar-refractivity contribution in [3.05, 3.63) is 11.1 Å². The molecule has 0 aliphatic heterocycles. The van der Waals surface area contributed by atoms with Gasteiger partial charge >= 0.3 is 5.97 Å². The fourth-order valence-electron chi connectivity index (χ4n) is 4.85.